The number of aliphatic hydroxyl groups excluding tert-OH is 1. The van der Waals surface area contributed by atoms with Gasteiger partial charge in [0, 0.05) is 30.9 Å². The van der Waals surface area contributed by atoms with Gasteiger partial charge in [0.25, 0.3) is 0 Å². The van der Waals surface area contributed by atoms with Gasteiger partial charge in [0.05, 0.1) is 17.9 Å². The predicted octanol–water partition coefficient (Wildman–Crippen LogP) is 0.484. The predicted molar refractivity (Wildman–Crippen MR) is 114 cm³/mol. The van der Waals surface area contributed by atoms with E-state index < -0.39 is 51.9 Å². The van der Waals surface area contributed by atoms with Crippen molar-refractivity contribution in [2.24, 2.45) is 11.8 Å². The number of carbonyl (C=O) groups excluding carboxylic acids is 2. The van der Waals surface area contributed by atoms with E-state index in [1.807, 2.05) is 0 Å². The Labute approximate surface area is 196 Å². The first-order valence-corrected chi connectivity index (χ1v) is 12.0. The molecule has 188 valence electrons. The van der Waals surface area contributed by atoms with Crippen LogP contribution in [0, 0.1) is 22.0 Å². The minimum Gasteiger partial charge on any atom is -0.481 e. The molecule has 3 N–H and O–H groups in total. The summed E-state index contributed by atoms with van der Waals surface area (Å²) in [6.07, 6.45) is 3.26. The second kappa shape index (κ2) is 8.79. The largest absolute Gasteiger partial charge is 0.481 e. The average molecular weight is 482 g/mol. The van der Waals surface area contributed by atoms with Gasteiger partial charge in [-0.15, -0.1) is 0 Å². The monoisotopic (exact) mass is 481 g/mol. The van der Waals surface area contributed by atoms with Gasteiger partial charge in [-0.3, -0.25) is 29.3 Å². The van der Waals surface area contributed by atoms with Crippen LogP contribution in [0.4, 0.5) is 0 Å². The summed E-state index contributed by atoms with van der Waals surface area (Å²) >= 11 is 0. The van der Waals surface area contributed by atoms with Gasteiger partial charge in [-0.2, -0.15) is 0 Å². The number of unbranched alkanes of at least 4 members (excludes halogenated alkanes) is 3. The third-order valence-corrected chi connectivity index (χ3v) is 8.39. The maximum Gasteiger partial charge on any atom is 0.309 e. The van der Waals surface area contributed by atoms with Gasteiger partial charge >= 0.3 is 11.9 Å². The lowest BCUT2D eigenvalue weighted by Gasteiger charge is -2.30. The summed E-state index contributed by atoms with van der Waals surface area (Å²) in [6.45, 7) is 0.853. The third-order valence-electron chi connectivity index (χ3n) is 8.39. The number of aliphatic carboxylic acids is 2. The van der Waals surface area contributed by atoms with E-state index in [1.165, 1.54) is 0 Å². The molecule has 2 amide bonds. The number of amides is 2. The Morgan fingerprint density at radius 2 is 1.35 bits per heavy atom. The summed E-state index contributed by atoms with van der Waals surface area (Å²) < 4.78 is 0. The van der Waals surface area contributed by atoms with Gasteiger partial charge in [0.2, 0.25) is 17.9 Å². The number of hydrogen-bond acceptors (Lipinski definition) is 7. The fourth-order valence-electron chi connectivity index (χ4n) is 6.39. The molecule has 12 heteroatoms. The summed E-state index contributed by atoms with van der Waals surface area (Å²) in [6, 6.07) is -0.932. The molecule has 0 bridgehead atoms. The molecule has 2 aliphatic carbocycles. The van der Waals surface area contributed by atoms with Crippen molar-refractivity contribution in [1.82, 2.24) is 9.80 Å². The van der Waals surface area contributed by atoms with Crippen LogP contribution in [0.1, 0.15) is 64.2 Å². The van der Waals surface area contributed by atoms with Crippen LogP contribution in [-0.4, -0.2) is 90.1 Å². The standard InChI is InChI=1S/C22H31N3O9/c26-14-6-8-22(16(12-14)18(29)30)20(32)24(22)10-4-2-1-3-9-23-19(31)21(23)7-5-13(25(33)34)11-15(21)17(27)28/h13-16,26H,1-12H2,(H,27,28)(H,29,30). The smallest absolute Gasteiger partial charge is 0.309 e. The quantitative estimate of drug-likeness (QED) is 0.173. The van der Waals surface area contributed by atoms with Gasteiger partial charge in [0.1, 0.15) is 11.1 Å². The Bertz CT molecular complexity index is 910. The maximum absolute atomic E-state index is 12.5. The molecule has 6 unspecified atom stereocenters. The fraction of sp³-hybridized carbons (Fsp3) is 0.818. The van der Waals surface area contributed by atoms with Crippen LogP contribution in [0.2, 0.25) is 0 Å². The highest BCUT2D eigenvalue weighted by atomic mass is 16.6. The van der Waals surface area contributed by atoms with Crippen LogP contribution in [-0.2, 0) is 19.2 Å². The van der Waals surface area contributed by atoms with Crippen molar-refractivity contribution in [3.8, 4) is 0 Å². The van der Waals surface area contributed by atoms with Crippen molar-refractivity contribution in [2.45, 2.75) is 87.4 Å². The molecule has 4 rings (SSSR count). The van der Waals surface area contributed by atoms with E-state index in [0.717, 1.165) is 12.8 Å². The number of carbonyl (C=O) groups is 4. The Kier molecular flexibility index (Phi) is 6.30. The molecule has 6 atom stereocenters. The van der Waals surface area contributed by atoms with Crippen molar-refractivity contribution < 1.29 is 39.4 Å². The van der Waals surface area contributed by atoms with Crippen molar-refractivity contribution in [1.29, 1.82) is 0 Å². The molecule has 0 aromatic rings. The topological polar surface area (TPSA) is 178 Å². The zero-order valence-corrected chi connectivity index (χ0v) is 18.9. The van der Waals surface area contributed by atoms with Crippen LogP contribution in [0.3, 0.4) is 0 Å². The molecule has 12 nitrogen and oxygen atoms in total. The van der Waals surface area contributed by atoms with Gasteiger partial charge in [0.15, 0.2) is 0 Å². The Hall–Kier alpha value is -2.76. The number of hydrogen-bond donors (Lipinski definition) is 3. The molecule has 2 heterocycles. The number of aliphatic hydroxyl groups is 1. The van der Waals surface area contributed by atoms with Crippen molar-refractivity contribution in [2.75, 3.05) is 13.1 Å². The summed E-state index contributed by atoms with van der Waals surface area (Å²) in [5.74, 6) is -4.58. The van der Waals surface area contributed by atoms with E-state index >= 15 is 0 Å². The number of carboxylic acid groups (broad SMARTS) is 2. The lowest BCUT2D eigenvalue weighted by atomic mass is 9.76. The SMILES string of the molecule is O=C(O)C1CC(O)CCC12C(=O)N2CCCCCCN1C(=O)C12CCC([N+](=O)[O-])CC2C(=O)O. The van der Waals surface area contributed by atoms with E-state index in [4.69, 9.17) is 0 Å². The molecule has 0 aromatic carbocycles. The molecule has 2 spiro atoms. The first kappa shape index (κ1) is 24.4. The zero-order valence-electron chi connectivity index (χ0n) is 18.9. The molecule has 34 heavy (non-hydrogen) atoms. The van der Waals surface area contributed by atoms with Crippen LogP contribution in [0.25, 0.3) is 0 Å². The van der Waals surface area contributed by atoms with E-state index in [2.05, 4.69) is 0 Å². The summed E-state index contributed by atoms with van der Waals surface area (Å²) in [5.41, 5.74) is -2.08. The first-order chi connectivity index (χ1) is 16.1. The highest BCUT2D eigenvalue weighted by Gasteiger charge is 2.71. The molecule has 2 aliphatic heterocycles. The van der Waals surface area contributed by atoms with E-state index in [1.54, 1.807) is 9.80 Å². The fourth-order valence-corrected chi connectivity index (χ4v) is 6.39. The lowest BCUT2D eigenvalue weighted by molar-refractivity contribution is -0.528. The highest BCUT2D eigenvalue weighted by molar-refractivity contribution is 6.06. The molecule has 2 saturated heterocycles. The van der Waals surface area contributed by atoms with Crippen molar-refractivity contribution >= 4 is 23.8 Å². The second-order valence-corrected chi connectivity index (χ2v) is 10.1. The minimum absolute atomic E-state index is 0.0862. The van der Waals surface area contributed by atoms with E-state index in [-0.39, 0.29) is 37.5 Å². The van der Waals surface area contributed by atoms with Crippen LogP contribution in [0.15, 0.2) is 0 Å². The lowest BCUT2D eigenvalue weighted by Crippen LogP contribution is -2.44. The Morgan fingerprint density at radius 3 is 1.82 bits per heavy atom. The molecular weight excluding hydrogens is 450 g/mol. The second-order valence-electron chi connectivity index (χ2n) is 10.1. The molecule has 4 fully saturated rings. The van der Waals surface area contributed by atoms with Crippen LogP contribution < -0.4 is 0 Å². The van der Waals surface area contributed by atoms with Crippen LogP contribution >= 0.6 is 0 Å². The highest BCUT2D eigenvalue weighted by Crippen LogP contribution is 2.52. The van der Waals surface area contributed by atoms with Gasteiger partial charge in [-0.05, 0) is 38.5 Å². The average Bonchev–Trinajstić information content (AvgIpc) is 3.56. The van der Waals surface area contributed by atoms with Gasteiger partial charge in [-0.1, -0.05) is 12.8 Å². The number of nitrogens with zero attached hydrogens (tertiary/aromatic N) is 3. The molecular formula is C22H31N3O9. The zero-order chi connectivity index (χ0) is 24.8. The summed E-state index contributed by atoms with van der Waals surface area (Å²) in [4.78, 5) is 62.0. The number of carboxylic acids is 2. The Balaban J connectivity index is 1.21. The molecule has 2 saturated carbocycles. The Morgan fingerprint density at radius 1 is 0.882 bits per heavy atom. The minimum atomic E-state index is -1.17. The van der Waals surface area contributed by atoms with Crippen molar-refractivity contribution in [3.63, 3.8) is 0 Å². The first-order valence-electron chi connectivity index (χ1n) is 12.0. The van der Waals surface area contributed by atoms with E-state index in [0.29, 0.717) is 38.8 Å². The number of rotatable bonds is 10. The number of nitro groups is 1. The summed E-state index contributed by atoms with van der Waals surface area (Å²) in [5, 5.41) is 39.9. The van der Waals surface area contributed by atoms with Crippen LogP contribution in [0.5, 0.6) is 0 Å². The van der Waals surface area contributed by atoms with Gasteiger partial charge in [-0.25, -0.2) is 0 Å². The summed E-state index contributed by atoms with van der Waals surface area (Å²) in [7, 11) is 0. The maximum atomic E-state index is 12.5. The third kappa shape index (κ3) is 3.81. The van der Waals surface area contributed by atoms with E-state index in [9.17, 15) is 44.6 Å². The normalized spacial score (nSPS) is 36.7. The molecule has 4 aliphatic rings. The van der Waals surface area contributed by atoms with Gasteiger partial charge < -0.3 is 25.1 Å². The molecule has 0 radical (unpaired) electrons. The van der Waals surface area contributed by atoms with Crippen molar-refractivity contribution in [3.05, 3.63) is 10.1 Å². The molecule has 0 aromatic heterocycles.